The molecule has 0 unspecified atom stereocenters. The molecule has 2 saturated heterocycles. The Labute approximate surface area is 189 Å². The van der Waals surface area contributed by atoms with E-state index in [0.717, 1.165) is 30.2 Å². The highest BCUT2D eigenvalue weighted by atomic mass is 32.2. The van der Waals surface area contributed by atoms with Crippen molar-refractivity contribution in [3.05, 3.63) is 47.8 Å². The molecule has 2 aromatic rings. The van der Waals surface area contributed by atoms with Gasteiger partial charge in [-0.1, -0.05) is 38.1 Å². The molecule has 0 aliphatic carbocycles. The number of carbonyl (C=O) groups excluding carboxylic acids is 1. The van der Waals surface area contributed by atoms with E-state index in [4.69, 9.17) is 4.74 Å². The number of amides is 1. The van der Waals surface area contributed by atoms with Crippen LogP contribution in [0.2, 0.25) is 0 Å². The molecule has 2 aliphatic rings. The van der Waals surface area contributed by atoms with Crippen molar-refractivity contribution in [3.63, 3.8) is 0 Å². The molecule has 1 amide bonds. The van der Waals surface area contributed by atoms with Crippen molar-refractivity contribution in [2.45, 2.75) is 32.4 Å². The summed E-state index contributed by atoms with van der Waals surface area (Å²) in [5, 5.41) is 0. The number of hydrogen-bond donors (Lipinski definition) is 0. The minimum Gasteiger partial charge on any atom is -0.471 e. The smallest absolute Gasteiger partial charge is 0.243 e. The first-order valence-electron chi connectivity index (χ1n) is 10.7. The third kappa shape index (κ3) is 5.25. The summed E-state index contributed by atoms with van der Waals surface area (Å²) < 4.78 is 30.3. The molecule has 4 rings (SSSR count). The molecule has 0 saturated carbocycles. The van der Waals surface area contributed by atoms with Gasteiger partial charge in [0.15, 0.2) is 5.82 Å². The van der Waals surface area contributed by atoms with Gasteiger partial charge in [0.25, 0.3) is 0 Å². The Balaban J connectivity index is 1.25. The van der Waals surface area contributed by atoms with E-state index >= 15 is 0 Å². The second kappa shape index (κ2) is 9.13. The van der Waals surface area contributed by atoms with Crippen LogP contribution in [0.25, 0.3) is 0 Å². The maximum atomic E-state index is 12.3. The highest BCUT2D eigenvalue weighted by molar-refractivity contribution is 7.88. The van der Waals surface area contributed by atoms with Gasteiger partial charge in [-0.3, -0.25) is 14.6 Å². The van der Waals surface area contributed by atoms with Gasteiger partial charge < -0.3 is 4.74 Å². The average Bonchev–Trinajstić information content (AvgIpc) is 2.72. The minimum atomic E-state index is -3.39. The lowest BCUT2D eigenvalue weighted by Gasteiger charge is -2.38. The van der Waals surface area contributed by atoms with Crippen LogP contribution in [0, 0.1) is 0 Å². The lowest BCUT2D eigenvalue weighted by molar-refractivity contribution is -0.120. The summed E-state index contributed by atoms with van der Waals surface area (Å²) in [6, 6.07) is 8.75. The van der Waals surface area contributed by atoms with Gasteiger partial charge in [0.1, 0.15) is 6.10 Å². The van der Waals surface area contributed by atoms with Gasteiger partial charge in [-0.25, -0.2) is 18.4 Å². The predicted molar refractivity (Wildman–Crippen MR) is 121 cm³/mol. The fraction of sp³-hybridized carbons (Fsp3) is 0.500. The number of carbonyl (C=O) groups is 1. The standard InChI is InChI=1S/C22H29N5O4S/c1-16(2)18-6-4-17(5-7-18)12-25-13-19(14-25)31-21-11-23-20(10-24-21)27-9-8-26(15-22(27)28)32(3,29)30/h4-7,10-11,16,19H,8-9,12-15H2,1-3H3. The molecule has 0 spiro atoms. The van der Waals surface area contributed by atoms with Crippen LogP contribution in [0.3, 0.4) is 0 Å². The highest BCUT2D eigenvalue weighted by Gasteiger charge is 2.31. The van der Waals surface area contributed by atoms with Crippen LogP contribution in [-0.2, 0) is 21.4 Å². The number of hydrogen-bond acceptors (Lipinski definition) is 7. The van der Waals surface area contributed by atoms with E-state index in [-0.39, 0.29) is 31.6 Å². The highest BCUT2D eigenvalue weighted by Crippen LogP contribution is 2.21. The van der Waals surface area contributed by atoms with Crippen LogP contribution >= 0.6 is 0 Å². The molecule has 0 radical (unpaired) electrons. The molecule has 1 aromatic carbocycles. The monoisotopic (exact) mass is 459 g/mol. The molecule has 0 N–H and O–H groups in total. The predicted octanol–water partition coefficient (Wildman–Crippen LogP) is 1.47. The Bertz CT molecular complexity index is 1050. The number of aromatic nitrogens is 2. The molecular weight excluding hydrogens is 430 g/mol. The van der Waals surface area contributed by atoms with Gasteiger partial charge in [-0.2, -0.15) is 4.31 Å². The van der Waals surface area contributed by atoms with E-state index in [0.29, 0.717) is 17.6 Å². The van der Waals surface area contributed by atoms with Crippen LogP contribution in [0.4, 0.5) is 5.82 Å². The number of anilines is 1. The fourth-order valence-electron chi connectivity index (χ4n) is 3.85. The van der Waals surface area contributed by atoms with Crippen molar-refractivity contribution in [1.29, 1.82) is 0 Å². The van der Waals surface area contributed by atoms with E-state index in [2.05, 4.69) is 53.0 Å². The largest absolute Gasteiger partial charge is 0.471 e. The zero-order valence-corrected chi connectivity index (χ0v) is 19.5. The van der Waals surface area contributed by atoms with Crippen molar-refractivity contribution in [2.24, 2.45) is 0 Å². The quantitative estimate of drug-likeness (QED) is 0.619. The topological polar surface area (TPSA) is 95.9 Å². The minimum absolute atomic E-state index is 0.0602. The van der Waals surface area contributed by atoms with Crippen molar-refractivity contribution < 1.29 is 17.9 Å². The van der Waals surface area contributed by atoms with Crippen LogP contribution in [-0.4, -0.2) is 78.6 Å². The molecular formula is C22H29N5O4S. The van der Waals surface area contributed by atoms with E-state index in [1.54, 1.807) is 0 Å². The molecule has 9 nitrogen and oxygen atoms in total. The average molecular weight is 460 g/mol. The van der Waals surface area contributed by atoms with Gasteiger partial charge in [0.05, 0.1) is 25.2 Å². The maximum Gasteiger partial charge on any atom is 0.243 e. The van der Waals surface area contributed by atoms with Crippen molar-refractivity contribution in [2.75, 3.05) is 43.9 Å². The second-order valence-corrected chi connectivity index (χ2v) is 10.7. The van der Waals surface area contributed by atoms with Crippen molar-refractivity contribution in [3.8, 4) is 5.88 Å². The molecule has 172 valence electrons. The van der Waals surface area contributed by atoms with E-state index in [9.17, 15) is 13.2 Å². The number of rotatable bonds is 7. The first-order valence-corrected chi connectivity index (χ1v) is 12.6. The second-order valence-electron chi connectivity index (χ2n) is 8.68. The van der Waals surface area contributed by atoms with Gasteiger partial charge in [0.2, 0.25) is 21.8 Å². The van der Waals surface area contributed by atoms with Crippen molar-refractivity contribution in [1.82, 2.24) is 19.2 Å². The normalized spacial score (nSPS) is 18.8. The number of ether oxygens (including phenoxy) is 1. The molecule has 2 fully saturated rings. The van der Waals surface area contributed by atoms with Gasteiger partial charge in [0, 0.05) is 32.7 Å². The van der Waals surface area contributed by atoms with Gasteiger partial charge in [-0.05, 0) is 17.0 Å². The Morgan fingerprint density at radius 3 is 2.38 bits per heavy atom. The molecule has 10 heteroatoms. The SMILES string of the molecule is CC(C)c1ccc(CN2CC(Oc3cnc(N4CCN(S(C)(=O)=O)CC4=O)cn3)C2)cc1. The Kier molecular flexibility index (Phi) is 6.45. The zero-order valence-electron chi connectivity index (χ0n) is 18.6. The summed E-state index contributed by atoms with van der Waals surface area (Å²) in [5.41, 5.74) is 2.64. The first-order chi connectivity index (χ1) is 15.2. The van der Waals surface area contributed by atoms with Crippen LogP contribution in [0.5, 0.6) is 5.88 Å². The molecule has 3 heterocycles. The van der Waals surface area contributed by atoms with Crippen molar-refractivity contribution >= 4 is 21.7 Å². The summed E-state index contributed by atoms with van der Waals surface area (Å²) in [4.78, 5) is 24.7. The van der Waals surface area contributed by atoms with Crippen LogP contribution < -0.4 is 9.64 Å². The van der Waals surface area contributed by atoms with Gasteiger partial charge >= 0.3 is 0 Å². The summed E-state index contributed by atoms with van der Waals surface area (Å²) in [7, 11) is -3.39. The molecule has 1 aromatic heterocycles. The van der Waals surface area contributed by atoms with Gasteiger partial charge in [-0.15, -0.1) is 0 Å². The molecule has 0 bridgehead atoms. The Morgan fingerprint density at radius 2 is 1.81 bits per heavy atom. The summed E-state index contributed by atoms with van der Waals surface area (Å²) in [6.07, 6.45) is 4.17. The zero-order chi connectivity index (χ0) is 22.9. The van der Waals surface area contributed by atoms with E-state index in [1.807, 2.05) is 0 Å². The van der Waals surface area contributed by atoms with Crippen LogP contribution in [0.1, 0.15) is 30.9 Å². The summed E-state index contributed by atoms with van der Waals surface area (Å²) in [5.74, 6) is 1.03. The first kappa shape index (κ1) is 22.6. The van der Waals surface area contributed by atoms with E-state index < -0.39 is 10.0 Å². The molecule has 2 aliphatic heterocycles. The third-order valence-corrected chi connectivity index (χ3v) is 7.06. The maximum absolute atomic E-state index is 12.3. The lowest BCUT2D eigenvalue weighted by Crippen LogP contribution is -2.53. The van der Waals surface area contributed by atoms with E-state index in [1.165, 1.54) is 28.4 Å². The fourth-order valence-corrected chi connectivity index (χ4v) is 4.61. The van der Waals surface area contributed by atoms with Crippen LogP contribution in [0.15, 0.2) is 36.7 Å². The molecule has 32 heavy (non-hydrogen) atoms. The number of benzene rings is 1. The Morgan fingerprint density at radius 1 is 1.09 bits per heavy atom. The number of likely N-dealkylation sites (tertiary alicyclic amines) is 1. The number of sulfonamides is 1. The Hall–Kier alpha value is -2.56. The number of piperazine rings is 1. The molecule has 0 atom stereocenters. The summed E-state index contributed by atoms with van der Waals surface area (Å²) >= 11 is 0. The summed E-state index contributed by atoms with van der Waals surface area (Å²) in [6.45, 7) is 7.22. The third-order valence-electron chi connectivity index (χ3n) is 5.81. The lowest BCUT2D eigenvalue weighted by atomic mass is 10.0. The number of nitrogens with zero attached hydrogens (tertiary/aromatic N) is 5.